The van der Waals surface area contributed by atoms with Crippen LogP contribution >= 0.6 is 27.5 Å². The number of benzene rings is 1. The highest BCUT2D eigenvalue weighted by Crippen LogP contribution is 2.25. The quantitative estimate of drug-likeness (QED) is 0.737. The van der Waals surface area contributed by atoms with Gasteiger partial charge in [-0.25, -0.2) is 4.39 Å². The highest BCUT2D eigenvalue weighted by molar-refractivity contribution is 9.10. The van der Waals surface area contributed by atoms with Crippen LogP contribution in [0, 0.1) is 0 Å². The van der Waals surface area contributed by atoms with Gasteiger partial charge in [-0.05, 0) is 12.1 Å². The largest absolute Gasteiger partial charge is 0.298 e. The Bertz CT molecular complexity index is 314. The van der Waals surface area contributed by atoms with E-state index in [0.717, 1.165) is 0 Å². The Hall–Kier alpha value is -0.410. The highest BCUT2D eigenvalue weighted by Gasteiger charge is 2.05. The summed E-state index contributed by atoms with van der Waals surface area (Å²) < 4.78 is 12.8. The molecule has 0 saturated carbocycles. The first-order valence-corrected chi connectivity index (χ1v) is 4.35. The second-order valence-corrected chi connectivity index (χ2v) is 3.48. The van der Waals surface area contributed by atoms with Crippen LogP contribution in [-0.4, -0.2) is 6.29 Å². The lowest BCUT2D eigenvalue weighted by molar-refractivity contribution is 0.112. The molecule has 0 saturated heterocycles. The molecule has 0 aromatic heterocycles. The summed E-state index contributed by atoms with van der Waals surface area (Å²) in [4.78, 5) is 10.4. The molecule has 12 heavy (non-hydrogen) atoms. The molecule has 0 spiro atoms. The van der Waals surface area contributed by atoms with Crippen LogP contribution < -0.4 is 0 Å². The molecule has 0 unspecified atom stereocenters. The van der Waals surface area contributed by atoms with E-state index in [2.05, 4.69) is 15.9 Å². The van der Waals surface area contributed by atoms with Crippen LogP contribution in [0.25, 0.3) is 0 Å². The standard InChI is InChI=1S/C8H5BrClFO/c9-7-2-8(10)5(3-11)1-6(7)4-12/h1-2,4H,3H2. The molecule has 0 radical (unpaired) electrons. The van der Waals surface area contributed by atoms with Gasteiger partial charge in [0.25, 0.3) is 0 Å². The zero-order chi connectivity index (χ0) is 9.14. The molecule has 1 nitrogen and oxygen atoms in total. The van der Waals surface area contributed by atoms with Gasteiger partial charge in [0.15, 0.2) is 6.29 Å². The molecule has 0 aliphatic carbocycles. The molecular formula is C8H5BrClFO. The predicted molar refractivity (Wildman–Crippen MR) is 49.4 cm³/mol. The van der Waals surface area contributed by atoms with Gasteiger partial charge in [0.05, 0.1) is 0 Å². The summed E-state index contributed by atoms with van der Waals surface area (Å²) in [5, 5.41) is 0.329. The van der Waals surface area contributed by atoms with Gasteiger partial charge < -0.3 is 0 Å². The van der Waals surface area contributed by atoms with Crippen molar-refractivity contribution < 1.29 is 9.18 Å². The number of carbonyl (C=O) groups is 1. The number of aldehydes is 1. The van der Waals surface area contributed by atoms with E-state index in [9.17, 15) is 9.18 Å². The van der Waals surface area contributed by atoms with Gasteiger partial charge in [0.1, 0.15) is 6.67 Å². The average molecular weight is 251 g/mol. The van der Waals surface area contributed by atoms with E-state index in [1.807, 2.05) is 0 Å². The van der Waals surface area contributed by atoms with Crippen LogP contribution in [0.5, 0.6) is 0 Å². The molecule has 64 valence electrons. The second-order valence-electron chi connectivity index (χ2n) is 2.22. The summed E-state index contributed by atoms with van der Waals surface area (Å²) in [5.41, 5.74) is 0.744. The molecule has 0 atom stereocenters. The van der Waals surface area contributed by atoms with E-state index >= 15 is 0 Å². The first kappa shape index (κ1) is 9.68. The topological polar surface area (TPSA) is 17.1 Å². The smallest absolute Gasteiger partial charge is 0.151 e. The second kappa shape index (κ2) is 4.01. The summed E-state index contributed by atoms with van der Waals surface area (Å²) in [5.74, 6) is 0. The lowest BCUT2D eigenvalue weighted by Gasteiger charge is -2.01. The Kier molecular flexibility index (Phi) is 3.23. The van der Waals surface area contributed by atoms with Crippen LogP contribution in [-0.2, 0) is 6.67 Å². The molecular weight excluding hydrogens is 246 g/mol. The highest BCUT2D eigenvalue weighted by atomic mass is 79.9. The van der Waals surface area contributed by atoms with Crippen LogP contribution in [0.2, 0.25) is 5.02 Å². The number of halogens is 3. The SMILES string of the molecule is O=Cc1cc(CF)c(Cl)cc1Br. The van der Waals surface area contributed by atoms with Gasteiger partial charge in [-0.3, -0.25) is 4.79 Å². The van der Waals surface area contributed by atoms with Crippen LogP contribution in [0.1, 0.15) is 15.9 Å². The van der Waals surface area contributed by atoms with Gasteiger partial charge in [-0.1, -0.05) is 27.5 Å². The summed E-state index contributed by atoms with van der Waals surface area (Å²) >= 11 is 8.81. The third-order valence-electron chi connectivity index (χ3n) is 1.44. The fourth-order valence-corrected chi connectivity index (χ4v) is 1.59. The van der Waals surface area contributed by atoms with E-state index in [1.54, 1.807) is 0 Å². The normalized spacial score (nSPS) is 9.92. The lowest BCUT2D eigenvalue weighted by Crippen LogP contribution is -1.88. The van der Waals surface area contributed by atoms with Crippen molar-refractivity contribution in [3.63, 3.8) is 0 Å². The maximum Gasteiger partial charge on any atom is 0.151 e. The van der Waals surface area contributed by atoms with Gasteiger partial charge >= 0.3 is 0 Å². The molecule has 0 heterocycles. The number of hydrogen-bond acceptors (Lipinski definition) is 1. The van der Waals surface area contributed by atoms with Crippen LogP contribution in [0.3, 0.4) is 0 Å². The van der Waals surface area contributed by atoms with Gasteiger partial charge in [-0.15, -0.1) is 0 Å². The van der Waals surface area contributed by atoms with E-state index in [0.29, 0.717) is 26.9 Å². The first-order valence-electron chi connectivity index (χ1n) is 3.18. The van der Waals surface area contributed by atoms with E-state index < -0.39 is 6.67 Å². The zero-order valence-electron chi connectivity index (χ0n) is 5.98. The Morgan fingerprint density at radius 2 is 2.25 bits per heavy atom. The molecule has 1 aromatic rings. The van der Waals surface area contributed by atoms with Gasteiger partial charge in [0, 0.05) is 20.6 Å². The zero-order valence-corrected chi connectivity index (χ0v) is 8.32. The maximum absolute atomic E-state index is 12.2. The average Bonchev–Trinajstić information content (AvgIpc) is 2.05. The van der Waals surface area contributed by atoms with Gasteiger partial charge in [0.2, 0.25) is 0 Å². The molecule has 1 aromatic carbocycles. The maximum atomic E-state index is 12.2. The fraction of sp³-hybridized carbons (Fsp3) is 0.125. The fourth-order valence-electron chi connectivity index (χ4n) is 0.806. The molecule has 1 rings (SSSR count). The van der Waals surface area contributed by atoms with Crippen molar-refractivity contribution >= 4 is 33.8 Å². The van der Waals surface area contributed by atoms with Crippen molar-refractivity contribution in [2.45, 2.75) is 6.67 Å². The minimum Gasteiger partial charge on any atom is -0.298 e. The summed E-state index contributed by atoms with van der Waals surface area (Å²) in [7, 11) is 0. The molecule has 0 amide bonds. The number of rotatable bonds is 2. The Morgan fingerprint density at radius 1 is 1.58 bits per heavy atom. The Balaban J connectivity index is 3.26. The van der Waals surface area contributed by atoms with Crippen molar-refractivity contribution in [1.82, 2.24) is 0 Å². The lowest BCUT2D eigenvalue weighted by atomic mass is 10.1. The third-order valence-corrected chi connectivity index (χ3v) is 2.48. The molecule has 0 bridgehead atoms. The van der Waals surface area contributed by atoms with Crippen molar-refractivity contribution in [3.05, 3.63) is 32.8 Å². The van der Waals surface area contributed by atoms with Gasteiger partial charge in [-0.2, -0.15) is 0 Å². The Labute approximate surface area is 82.7 Å². The van der Waals surface area contributed by atoms with E-state index in [4.69, 9.17) is 11.6 Å². The summed E-state index contributed by atoms with van der Waals surface area (Å²) in [6.45, 7) is -0.660. The summed E-state index contributed by atoms with van der Waals surface area (Å²) in [6.07, 6.45) is 0.652. The predicted octanol–water partition coefficient (Wildman–Crippen LogP) is 3.38. The number of hydrogen-bond donors (Lipinski definition) is 0. The molecule has 0 aliphatic heterocycles. The Morgan fingerprint density at radius 3 is 2.75 bits per heavy atom. The van der Waals surface area contributed by atoms with Crippen molar-refractivity contribution in [3.8, 4) is 0 Å². The van der Waals surface area contributed by atoms with Crippen molar-refractivity contribution in [2.75, 3.05) is 0 Å². The molecule has 0 aliphatic rings. The third kappa shape index (κ3) is 1.84. The number of alkyl halides is 1. The molecule has 0 fully saturated rings. The first-order chi connectivity index (χ1) is 5.69. The minimum absolute atomic E-state index is 0.329. The number of carbonyl (C=O) groups excluding carboxylic acids is 1. The molecule has 4 heteroatoms. The summed E-state index contributed by atoms with van der Waals surface area (Å²) in [6, 6.07) is 2.94. The van der Waals surface area contributed by atoms with E-state index in [-0.39, 0.29) is 0 Å². The van der Waals surface area contributed by atoms with Crippen molar-refractivity contribution in [2.24, 2.45) is 0 Å². The minimum atomic E-state index is -0.660. The van der Waals surface area contributed by atoms with Crippen molar-refractivity contribution in [1.29, 1.82) is 0 Å². The molecule has 0 N–H and O–H groups in total. The van der Waals surface area contributed by atoms with Crippen LogP contribution in [0.4, 0.5) is 4.39 Å². The van der Waals surface area contributed by atoms with Crippen LogP contribution in [0.15, 0.2) is 16.6 Å². The monoisotopic (exact) mass is 250 g/mol. The van der Waals surface area contributed by atoms with E-state index in [1.165, 1.54) is 12.1 Å².